The molecule has 1 saturated heterocycles. The molecule has 24 heavy (non-hydrogen) atoms. The summed E-state index contributed by atoms with van der Waals surface area (Å²) in [6.07, 6.45) is 0. The van der Waals surface area contributed by atoms with E-state index >= 15 is 0 Å². The van der Waals surface area contributed by atoms with Crippen LogP contribution < -0.4 is 5.32 Å². The van der Waals surface area contributed by atoms with E-state index in [4.69, 9.17) is 0 Å². The van der Waals surface area contributed by atoms with Crippen molar-refractivity contribution in [3.8, 4) is 0 Å². The number of amides is 2. The largest absolute Gasteiger partial charge is 0.350 e. The van der Waals surface area contributed by atoms with Gasteiger partial charge in [-0.05, 0) is 23.8 Å². The molecule has 3 rings (SSSR count). The lowest BCUT2D eigenvalue weighted by molar-refractivity contribution is -0.124. The molecule has 0 bridgehead atoms. The van der Waals surface area contributed by atoms with Crippen molar-refractivity contribution >= 4 is 39.5 Å². The number of thioether (sulfide) groups is 1. The Balaban J connectivity index is 1.66. The smallest absolute Gasteiger partial charge is 0.255 e. The number of hydrogen-bond acceptors (Lipinski definition) is 3. The molecule has 6 heteroatoms. The van der Waals surface area contributed by atoms with Gasteiger partial charge in [0.25, 0.3) is 5.91 Å². The summed E-state index contributed by atoms with van der Waals surface area (Å²) in [7, 11) is 0. The van der Waals surface area contributed by atoms with E-state index in [2.05, 4.69) is 21.2 Å². The second kappa shape index (κ2) is 7.85. The SMILES string of the molecule is O=C(NCc1ccccc1)[C@H]1CSCN1C(=O)c1cccc(Br)c1. The highest BCUT2D eigenvalue weighted by atomic mass is 79.9. The maximum Gasteiger partial charge on any atom is 0.255 e. The van der Waals surface area contributed by atoms with Gasteiger partial charge >= 0.3 is 0 Å². The van der Waals surface area contributed by atoms with Gasteiger partial charge in [-0.15, -0.1) is 11.8 Å². The third-order valence-electron chi connectivity index (χ3n) is 3.83. The van der Waals surface area contributed by atoms with E-state index in [1.165, 1.54) is 0 Å². The van der Waals surface area contributed by atoms with Gasteiger partial charge in [0.1, 0.15) is 6.04 Å². The lowest BCUT2D eigenvalue weighted by atomic mass is 10.1. The van der Waals surface area contributed by atoms with Gasteiger partial charge < -0.3 is 10.2 Å². The van der Waals surface area contributed by atoms with E-state index in [0.29, 0.717) is 23.7 Å². The van der Waals surface area contributed by atoms with Crippen LogP contribution in [0.2, 0.25) is 0 Å². The van der Waals surface area contributed by atoms with E-state index in [9.17, 15) is 9.59 Å². The third-order valence-corrected chi connectivity index (χ3v) is 5.33. The Kier molecular flexibility index (Phi) is 5.58. The number of nitrogens with one attached hydrogen (secondary N) is 1. The number of hydrogen-bond donors (Lipinski definition) is 1. The highest BCUT2D eigenvalue weighted by Gasteiger charge is 2.34. The number of benzene rings is 2. The fourth-order valence-electron chi connectivity index (χ4n) is 2.55. The average molecular weight is 405 g/mol. The van der Waals surface area contributed by atoms with Crippen molar-refractivity contribution in [1.29, 1.82) is 0 Å². The highest BCUT2D eigenvalue weighted by Crippen LogP contribution is 2.24. The second-order valence-corrected chi connectivity index (χ2v) is 7.42. The summed E-state index contributed by atoms with van der Waals surface area (Å²) in [6, 6.07) is 16.6. The first-order valence-corrected chi connectivity index (χ1v) is 9.56. The zero-order valence-corrected chi connectivity index (χ0v) is 15.3. The number of nitrogens with zero attached hydrogens (tertiary/aromatic N) is 1. The molecule has 0 unspecified atom stereocenters. The zero-order chi connectivity index (χ0) is 16.9. The van der Waals surface area contributed by atoms with Crippen LogP contribution in [0.5, 0.6) is 0 Å². The molecule has 0 spiro atoms. The molecule has 2 aromatic carbocycles. The molecule has 1 atom stereocenters. The Labute approximate surface area is 153 Å². The average Bonchev–Trinajstić information content (AvgIpc) is 3.09. The van der Waals surface area contributed by atoms with E-state index in [0.717, 1.165) is 10.0 Å². The monoisotopic (exact) mass is 404 g/mol. The number of halogens is 1. The third kappa shape index (κ3) is 3.99. The predicted molar refractivity (Wildman–Crippen MR) is 99.7 cm³/mol. The van der Waals surface area contributed by atoms with Crippen LogP contribution in [-0.2, 0) is 11.3 Å². The second-order valence-electron chi connectivity index (χ2n) is 5.50. The van der Waals surface area contributed by atoms with Gasteiger partial charge in [0.15, 0.2) is 0 Å². The quantitative estimate of drug-likeness (QED) is 0.850. The standard InChI is InChI=1S/C18H17BrN2O2S/c19-15-8-4-7-14(9-15)18(23)21-12-24-11-16(21)17(22)20-10-13-5-2-1-3-6-13/h1-9,16H,10-12H2,(H,20,22)/t16-/m1/s1. The normalized spacial score (nSPS) is 16.9. The van der Waals surface area contributed by atoms with Crippen molar-refractivity contribution in [2.45, 2.75) is 12.6 Å². The molecule has 2 aromatic rings. The first-order valence-electron chi connectivity index (χ1n) is 7.61. The summed E-state index contributed by atoms with van der Waals surface area (Å²) in [6.45, 7) is 0.472. The molecule has 0 radical (unpaired) electrons. The summed E-state index contributed by atoms with van der Waals surface area (Å²) < 4.78 is 0.852. The first kappa shape index (κ1) is 17.0. The Morgan fingerprint density at radius 1 is 1.17 bits per heavy atom. The van der Waals surface area contributed by atoms with Crippen LogP contribution >= 0.6 is 27.7 Å². The topological polar surface area (TPSA) is 49.4 Å². The molecule has 124 valence electrons. The highest BCUT2D eigenvalue weighted by molar-refractivity contribution is 9.10. The molecule has 1 aliphatic rings. The van der Waals surface area contributed by atoms with Gasteiger partial charge in [-0.1, -0.05) is 52.3 Å². The molecular weight excluding hydrogens is 388 g/mol. The summed E-state index contributed by atoms with van der Waals surface area (Å²) in [5, 5.41) is 2.93. The van der Waals surface area contributed by atoms with Gasteiger partial charge in [-0.2, -0.15) is 0 Å². The fourth-order valence-corrected chi connectivity index (χ4v) is 4.10. The number of carbonyl (C=O) groups is 2. The molecular formula is C18H17BrN2O2S. The molecule has 0 aliphatic carbocycles. The lowest BCUT2D eigenvalue weighted by Gasteiger charge is -2.23. The van der Waals surface area contributed by atoms with Crippen LogP contribution in [0.4, 0.5) is 0 Å². The minimum atomic E-state index is -0.426. The minimum Gasteiger partial charge on any atom is -0.350 e. The van der Waals surface area contributed by atoms with Crippen LogP contribution in [0, 0.1) is 0 Å². The Hall–Kier alpha value is -1.79. The molecule has 1 fully saturated rings. The van der Waals surface area contributed by atoms with Crippen molar-refractivity contribution in [2.24, 2.45) is 0 Å². The summed E-state index contributed by atoms with van der Waals surface area (Å²) in [5.74, 6) is 0.947. The molecule has 0 saturated carbocycles. The van der Waals surface area contributed by atoms with E-state index in [-0.39, 0.29) is 11.8 Å². The van der Waals surface area contributed by atoms with Crippen molar-refractivity contribution in [2.75, 3.05) is 11.6 Å². The zero-order valence-electron chi connectivity index (χ0n) is 12.9. The van der Waals surface area contributed by atoms with E-state index in [1.54, 1.807) is 28.8 Å². The maximum absolute atomic E-state index is 12.7. The molecule has 4 nitrogen and oxygen atoms in total. The van der Waals surface area contributed by atoms with Gasteiger partial charge in [0, 0.05) is 22.3 Å². The van der Waals surface area contributed by atoms with Crippen molar-refractivity contribution in [3.05, 3.63) is 70.2 Å². The first-order chi connectivity index (χ1) is 11.6. The van der Waals surface area contributed by atoms with Crippen LogP contribution in [0.15, 0.2) is 59.1 Å². The van der Waals surface area contributed by atoms with Gasteiger partial charge in [-0.3, -0.25) is 9.59 Å². The fraction of sp³-hybridized carbons (Fsp3) is 0.222. The summed E-state index contributed by atoms with van der Waals surface area (Å²) >= 11 is 4.98. The summed E-state index contributed by atoms with van der Waals surface area (Å²) in [4.78, 5) is 26.8. The molecule has 1 heterocycles. The molecule has 2 amide bonds. The maximum atomic E-state index is 12.7. The van der Waals surface area contributed by atoms with Crippen LogP contribution in [0.25, 0.3) is 0 Å². The lowest BCUT2D eigenvalue weighted by Crippen LogP contribution is -2.47. The molecule has 0 aromatic heterocycles. The molecule has 1 N–H and O–H groups in total. The number of carbonyl (C=O) groups excluding carboxylic acids is 2. The number of rotatable bonds is 4. The Morgan fingerprint density at radius 2 is 1.96 bits per heavy atom. The predicted octanol–water partition coefficient (Wildman–Crippen LogP) is 3.28. The minimum absolute atomic E-state index is 0.104. The van der Waals surface area contributed by atoms with Gasteiger partial charge in [0.05, 0.1) is 5.88 Å². The van der Waals surface area contributed by atoms with Crippen molar-refractivity contribution in [1.82, 2.24) is 10.2 Å². The van der Waals surface area contributed by atoms with Gasteiger partial charge in [-0.25, -0.2) is 0 Å². The van der Waals surface area contributed by atoms with Crippen LogP contribution in [0.1, 0.15) is 15.9 Å². The Morgan fingerprint density at radius 3 is 2.71 bits per heavy atom. The summed E-state index contributed by atoms with van der Waals surface area (Å²) in [5.41, 5.74) is 1.63. The molecule has 1 aliphatic heterocycles. The van der Waals surface area contributed by atoms with E-state index in [1.807, 2.05) is 42.5 Å². The Bertz CT molecular complexity index is 739. The van der Waals surface area contributed by atoms with Crippen molar-refractivity contribution in [3.63, 3.8) is 0 Å². The van der Waals surface area contributed by atoms with Gasteiger partial charge in [0.2, 0.25) is 5.91 Å². The van der Waals surface area contributed by atoms with Crippen LogP contribution in [0.3, 0.4) is 0 Å². The van der Waals surface area contributed by atoms with Crippen LogP contribution in [-0.4, -0.2) is 34.4 Å². The van der Waals surface area contributed by atoms with E-state index < -0.39 is 6.04 Å². The van der Waals surface area contributed by atoms with Crippen molar-refractivity contribution < 1.29 is 9.59 Å².